The van der Waals surface area contributed by atoms with Gasteiger partial charge in [-0.3, -0.25) is 4.90 Å². The van der Waals surface area contributed by atoms with E-state index in [1.54, 1.807) is 18.4 Å². The van der Waals surface area contributed by atoms with Crippen LogP contribution in [0.2, 0.25) is 0 Å². The molecule has 1 aromatic carbocycles. The van der Waals surface area contributed by atoms with Crippen molar-refractivity contribution >= 4 is 16.5 Å². The van der Waals surface area contributed by atoms with E-state index in [1.165, 1.54) is 0 Å². The Labute approximate surface area is 141 Å². The molecule has 2 heterocycles. The summed E-state index contributed by atoms with van der Waals surface area (Å²) in [5.41, 5.74) is 0. The highest BCUT2D eigenvalue weighted by atomic mass is 32.1. The first-order valence-corrected chi connectivity index (χ1v) is 8.87. The maximum Gasteiger partial charge on any atom is 0.185 e. The maximum absolute atomic E-state index is 5.78. The van der Waals surface area contributed by atoms with Crippen molar-refractivity contribution < 1.29 is 9.47 Å². The monoisotopic (exact) mass is 333 g/mol. The van der Waals surface area contributed by atoms with Gasteiger partial charge in [-0.1, -0.05) is 0 Å². The fourth-order valence-corrected chi connectivity index (χ4v) is 3.38. The van der Waals surface area contributed by atoms with Crippen molar-refractivity contribution in [1.29, 1.82) is 0 Å². The molecule has 1 fully saturated rings. The molecule has 6 heteroatoms. The van der Waals surface area contributed by atoms with Crippen molar-refractivity contribution in [3.05, 3.63) is 35.8 Å². The van der Waals surface area contributed by atoms with Crippen LogP contribution in [0, 0.1) is 0 Å². The molecule has 2 aromatic rings. The highest BCUT2D eigenvalue weighted by Crippen LogP contribution is 2.19. The fraction of sp³-hybridized carbons (Fsp3) is 0.471. The Morgan fingerprint density at radius 1 is 1.09 bits per heavy atom. The summed E-state index contributed by atoms with van der Waals surface area (Å²) in [5, 5.41) is 3.19. The van der Waals surface area contributed by atoms with E-state index < -0.39 is 0 Å². The van der Waals surface area contributed by atoms with Gasteiger partial charge < -0.3 is 14.4 Å². The molecule has 1 aliphatic heterocycles. The first-order chi connectivity index (χ1) is 11.3. The fourth-order valence-electron chi connectivity index (χ4n) is 2.68. The van der Waals surface area contributed by atoms with Gasteiger partial charge in [-0.2, -0.15) is 0 Å². The first-order valence-electron chi connectivity index (χ1n) is 7.99. The zero-order valence-electron chi connectivity index (χ0n) is 13.5. The number of methoxy groups -OCH3 is 1. The molecular formula is C17H23N3O2S. The normalized spacial score (nSPS) is 15.6. The van der Waals surface area contributed by atoms with Crippen molar-refractivity contribution in [3.8, 4) is 11.5 Å². The number of hydrogen-bond donors (Lipinski definition) is 0. The van der Waals surface area contributed by atoms with Gasteiger partial charge in [0.2, 0.25) is 0 Å². The number of hydrogen-bond acceptors (Lipinski definition) is 6. The lowest BCUT2D eigenvalue weighted by Gasteiger charge is -2.34. The van der Waals surface area contributed by atoms with Gasteiger partial charge >= 0.3 is 0 Å². The number of ether oxygens (including phenoxy) is 2. The molecule has 124 valence electrons. The zero-order valence-corrected chi connectivity index (χ0v) is 14.3. The van der Waals surface area contributed by atoms with Crippen LogP contribution in [0.5, 0.6) is 11.5 Å². The molecule has 1 aromatic heterocycles. The molecule has 0 N–H and O–H groups in total. The zero-order chi connectivity index (χ0) is 15.9. The van der Waals surface area contributed by atoms with Crippen LogP contribution in [0.25, 0.3) is 0 Å². The second kappa shape index (κ2) is 8.17. The molecule has 0 bridgehead atoms. The third-order valence-corrected chi connectivity index (χ3v) is 4.84. The van der Waals surface area contributed by atoms with Crippen molar-refractivity contribution in [3.63, 3.8) is 0 Å². The summed E-state index contributed by atoms with van der Waals surface area (Å²) < 4.78 is 10.9. The van der Waals surface area contributed by atoms with Crippen LogP contribution in [-0.4, -0.2) is 56.3 Å². The summed E-state index contributed by atoms with van der Waals surface area (Å²) in [6.45, 7) is 6.16. The number of aromatic nitrogens is 1. The average Bonchev–Trinajstić information content (AvgIpc) is 3.14. The van der Waals surface area contributed by atoms with Crippen LogP contribution < -0.4 is 14.4 Å². The quantitative estimate of drug-likeness (QED) is 0.729. The van der Waals surface area contributed by atoms with Crippen LogP contribution in [0.4, 0.5) is 5.13 Å². The number of piperazine rings is 1. The molecular weight excluding hydrogens is 310 g/mol. The second-order valence-corrected chi connectivity index (χ2v) is 6.39. The van der Waals surface area contributed by atoms with E-state index >= 15 is 0 Å². The summed E-state index contributed by atoms with van der Waals surface area (Å²) in [6, 6.07) is 7.75. The van der Waals surface area contributed by atoms with E-state index in [4.69, 9.17) is 9.47 Å². The minimum Gasteiger partial charge on any atom is -0.497 e. The molecule has 5 nitrogen and oxygen atoms in total. The van der Waals surface area contributed by atoms with Crippen molar-refractivity contribution in [2.24, 2.45) is 0 Å². The molecule has 0 saturated carbocycles. The summed E-state index contributed by atoms with van der Waals surface area (Å²) in [6.07, 6.45) is 2.92. The molecule has 1 saturated heterocycles. The number of thiazole rings is 1. The van der Waals surface area contributed by atoms with Gasteiger partial charge in [0.1, 0.15) is 11.5 Å². The van der Waals surface area contributed by atoms with Crippen LogP contribution >= 0.6 is 11.3 Å². The number of nitrogens with zero attached hydrogens (tertiary/aromatic N) is 3. The van der Waals surface area contributed by atoms with E-state index in [9.17, 15) is 0 Å². The van der Waals surface area contributed by atoms with Crippen molar-refractivity contribution in [2.45, 2.75) is 6.42 Å². The molecule has 0 amide bonds. The highest BCUT2D eigenvalue weighted by Gasteiger charge is 2.17. The van der Waals surface area contributed by atoms with E-state index in [0.29, 0.717) is 0 Å². The van der Waals surface area contributed by atoms with Gasteiger partial charge in [-0.05, 0) is 30.7 Å². The first kappa shape index (κ1) is 16.1. The van der Waals surface area contributed by atoms with Crippen LogP contribution in [-0.2, 0) is 0 Å². The Kier molecular flexibility index (Phi) is 5.71. The van der Waals surface area contributed by atoms with E-state index in [1.807, 2.05) is 35.8 Å². The SMILES string of the molecule is COc1ccc(OCCCN2CCN(c3nccs3)CC2)cc1. The maximum atomic E-state index is 5.78. The summed E-state index contributed by atoms with van der Waals surface area (Å²) in [7, 11) is 1.67. The molecule has 23 heavy (non-hydrogen) atoms. The van der Waals surface area contributed by atoms with Gasteiger partial charge in [0.15, 0.2) is 5.13 Å². The standard InChI is InChI=1S/C17H23N3O2S/c1-21-15-3-5-16(6-4-15)22-13-2-8-19-9-11-20(12-10-19)17-18-7-14-23-17/h3-7,14H,2,8-13H2,1H3. The minimum atomic E-state index is 0.749. The molecule has 0 atom stereocenters. The molecule has 0 spiro atoms. The lowest BCUT2D eigenvalue weighted by molar-refractivity contribution is 0.224. The van der Waals surface area contributed by atoms with E-state index in [0.717, 1.165) is 62.4 Å². The predicted molar refractivity (Wildman–Crippen MR) is 93.9 cm³/mol. The summed E-state index contributed by atoms with van der Waals surface area (Å²) in [4.78, 5) is 9.25. The highest BCUT2D eigenvalue weighted by molar-refractivity contribution is 7.13. The third-order valence-electron chi connectivity index (χ3n) is 4.01. The van der Waals surface area contributed by atoms with Gasteiger partial charge in [-0.25, -0.2) is 4.98 Å². The van der Waals surface area contributed by atoms with E-state index in [2.05, 4.69) is 14.8 Å². The molecule has 0 radical (unpaired) electrons. The van der Waals surface area contributed by atoms with Crippen LogP contribution in [0.1, 0.15) is 6.42 Å². The Hall–Kier alpha value is -1.79. The number of anilines is 1. The van der Waals surface area contributed by atoms with Gasteiger partial charge in [0, 0.05) is 44.3 Å². The number of rotatable bonds is 7. The minimum absolute atomic E-state index is 0.749. The molecule has 0 unspecified atom stereocenters. The molecule has 0 aliphatic carbocycles. The second-order valence-electron chi connectivity index (χ2n) is 5.52. The van der Waals surface area contributed by atoms with Crippen molar-refractivity contribution in [1.82, 2.24) is 9.88 Å². The predicted octanol–water partition coefficient (Wildman–Crippen LogP) is 2.74. The Morgan fingerprint density at radius 3 is 2.48 bits per heavy atom. The largest absolute Gasteiger partial charge is 0.497 e. The van der Waals surface area contributed by atoms with Crippen LogP contribution in [0.3, 0.4) is 0 Å². The Morgan fingerprint density at radius 2 is 1.83 bits per heavy atom. The van der Waals surface area contributed by atoms with Crippen molar-refractivity contribution in [2.75, 3.05) is 51.3 Å². The Bertz CT molecular complexity index is 566. The summed E-state index contributed by atoms with van der Waals surface area (Å²) in [5.74, 6) is 1.76. The molecule has 1 aliphatic rings. The summed E-state index contributed by atoms with van der Waals surface area (Å²) >= 11 is 1.72. The van der Waals surface area contributed by atoms with Gasteiger partial charge in [0.05, 0.1) is 13.7 Å². The topological polar surface area (TPSA) is 37.8 Å². The number of benzene rings is 1. The van der Waals surface area contributed by atoms with E-state index in [-0.39, 0.29) is 0 Å². The lowest BCUT2D eigenvalue weighted by atomic mass is 10.3. The lowest BCUT2D eigenvalue weighted by Crippen LogP contribution is -2.46. The molecule has 3 rings (SSSR count). The smallest absolute Gasteiger partial charge is 0.185 e. The van der Waals surface area contributed by atoms with Crippen LogP contribution in [0.15, 0.2) is 35.8 Å². The Balaban J connectivity index is 1.32. The van der Waals surface area contributed by atoms with Gasteiger partial charge in [0.25, 0.3) is 0 Å². The average molecular weight is 333 g/mol. The third kappa shape index (κ3) is 4.59. The van der Waals surface area contributed by atoms with Gasteiger partial charge in [-0.15, -0.1) is 11.3 Å².